The summed E-state index contributed by atoms with van der Waals surface area (Å²) in [6, 6.07) is 3.18. The molecule has 1 aliphatic carbocycles. The zero-order chi connectivity index (χ0) is 16.2. The van der Waals surface area contributed by atoms with Crippen LogP contribution in [-0.2, 0) is 10.3 Å². The minimum atomic E-state index is -0.436. The number of urea groups is 1. The predicted octanol–water partition coefficient (Wildman–Crippen LogP) is 2.43. The van der Waals surface area contributed by atoms with Gasteiger partial charge in [0.2, 0.25) is 0 Å². The minimum Gasteiger partial charge on any atom is -0.327 e. The average Bonchev–Trinajstić information content (AvgIpc) is 3.11. The van der Waals surface area contributed by atoms with Crippen LogP contribution in [0.2, 0.25) is 0 Å². The van der Waals surface area contributed by atoms with Gasteiger partial charge in [-0.15, -0.1) is 0 Å². The predicted molar refractivity (Wildman–Crippen MR) is 81.3 cm³/mol. The van der Waals surface area contributed by atoms with E-state index < -0.39 is 6.04 Å². The van der Waals surface area contributed by atoms with E-state index in [1.807, 2.05) is 25.3 Å². The fourth-order valence-electron chi connectivity index (χ4n) is 2.94. The number of imide groups is 1. The molecule has 1 aliphatic heterocycles. The Morgan fingerprint density at radius 3 is 2.41 bits per heavy atom. The first kappa shape index (κ1) is 14.6. The maximum absolute atomic E-state index is 12.7. The van der Waals surface area contributed by atoms with Crippen LogP contribution >= 0.6 is 0 Å². The molecule has 2 fully saturated rings. The highest BCUT2D eigenvalue weighted by Gasteiger charge is 2.50. The Hall–Kier alpha value is -2.29. The molecule has 2 heterocycles. The molecular weight excluding hydrogens is 280 g/mol. The normalized spacial score (nSPS) is 22.4. The first-order chi connectivity index (χ1) is 10.3. The number of aromatic nitrogens is 1. The van der Waals surface area contributed by atoms with Crippen LogP contribution in [0.1, 0.15) is 46.1 Å². The number of anilines is 1. The Balaban J connectivity index is 2.07. The molecule has 3 amide bonds. The summed E-state index contributed by atoms with van der Waals surface area (Å²) < 4.78 is 1.82. The number of hydrogen-bond donors (Lipinski definition) is 0. The number of carbonyl (C=O) groups is 2. The highest BCUT2D eigenvalue weighted by atomic mass is 16.2. The molecule has 0 N–H and O–H groups in total. The molecule has 1 unspecified atom stereocenters. The Labute approximate surface area is 129 Å². The second kappa shape index (κ2) is 4.60. The highest BCUT2D eigenvalue weighted by molar-refractivity contribution is 6.21. The number of hydrogen-bond acceptors (Lipinski definition) is 3. The maximum Gasteiger partial charge on any atom is 0.333 e. The lowest BCUT2D eigenvalue weighted by molar-refractivity contribution is -0.119. The van der Waals surface area contributed by atoms with Crippen LogP contribution in [0.4, 0.5) is 10.6 Å². The van der Waals surface area contributed by atoms with Gasteiger partial charge in [0, 0.05) is 17.8 Å². The number of nitriles is 1. The van der Waals surface area contributed by atoms with Crippen molar-refractivity contribution in [3.05, 3.63) is 17.8 Å². The van der Waals surface area contributed by atoms with Gasteiger partial charge in [-0.2, -0.15) is 5.26 Å². The SMILES string of the molecule is CC1C(=O)N(c2cc(C#N)cn2C(C)(C)C)C(=O)N1C1CC1. The fourth-order valence-corrected chi connectivity index (χ4v) is 2.94. The third-order valence-corrected chi connectivity index (χ3v) is 4.23. The number of rotatable bonds is 2. The van der Waals surface area contributed by atoms with Crippen LogP contribution in [0, 0.1) is 11.3 Å². The van der Waals surface area contributed by atoms with Crippen LogP contribution in [0.5, 0.6) is 0 Å². The van der Waals surface area contributed by atoms with E-state index in [0.717, 1.165) is 12.8 Å². The Morgan fingerprint density at radius 1 is 1.27 bits per heavy atom. The molecule has 6 nitrogen and oxygen atoms in total. The minimum absolute atomic E-state index is 0.185. The molecular formula is C16H20N4O2. The fraction of sp³-hybridized carbons (Fsp3) is 0.562. The van der Waals surface area contributed by atoms with Gasteiger partial charge in [0.1, 0.15) is 17.9 Å². The molecule has 1 saturated carbocycles. The summed E-state index contributed by atoms with van der Waals surface area (Å²) in [5, 5.41) is 9.16. The molecule has 0 bridgehead atoms. The van der Waals surface area contributed by atoms with Crippen LogP contribution in [-0.4, -0.2) is 33.5 Å². The van der Waals surface area contributed by atoms with Crippen molar-refractivity contribution >= 4 is 17.8 Å². The van der Waals surface area contributed by atoms with Gasteiger partial charge in [-0.3, -0.25) is 4.79 Å². The van der Waals surface area contributed by atoms with Gasteiger partial charge < -0.3 is 9.47 Å². The number of carbonyl (C=O) groups excluding carboxylic acids is 2. The lowest BCUT2D eigenvalue weighted by Crippen LogP contribution is -2.37. The van der Waals surface area contributed by atoms with Gasteiger partial charge in [-0.25, -0.2) is 9.69 Å². The maximum atomic E-state index is 12.7. The van der Waals surface area contributed by atoms with Crippen molar-refractivity contribution in [1.29, 1.82) is 5.26 Å². The molecule has 0 spiro atoms. The first-order valence-electron chi connectivity index (χ1n) is 7.55. The zero-order valence-electron chi connectivity index (χ0n) is 13.3. The van der Waals surface area contributed by atoms with Crippen molar-refractivity contribution in [3.8, 4) is 6.07 Å². The summed E-state index contributed by atoms with van der Waals surface area (Å²) in [5.74, 6) is 0.263. The Bertz CT molecular complexity index is 688. The third-order valence-electron chi connectivity index (χ3n) is 4.23. The summed E-state index contributed by atoms with van der Waals surface area (Å²) in [4.78, 5) is 28.2. The molecule has 6 heteroatoms. The van der Waals surface area contributed by atoms with Gasteiger partial charge in [-0.05, 0) is 46.6 Å². The summed E-state index contributed by atoms with van der Waals surface area (Å²) in [6.07, 6.45) is 3.61. The van der Waals surface area contributed by atoms with Crippen molar-refractivity contribution in [3.63, 3.8) is 0 Å². The van der Waals surface area contributed by atoms with Crippen molar-refractivity contribution in [1.82, 2.24) is 9.47 Å². The van der Waals surface area contributed by atoms with Gasteiger partial charge in [0.25, 0.3) is 5.91 Å². The number of amides is 3. The van der Waals surface area contributed by atoms with Crippen molar-refractivity contribution < 1.29 is 9.59 Å². The largest absolute Gasteiger partial charge is 0.333 e. The second-order valence-electron chi connectivity index (χ2n) is 7.01. The van der Waals surface area contributed by atoms with Crippen LogP contribution < -0.4 is 4.90 Å². The molecule has 0 aromatic carbocycles. The lowest BCUT2D eigenvalue weighted by atomic mass is 10.1. The molecule has 1 aromatic rings. The van der Waals surface area contributed by atoms with Gasteiger partial charge in [0.05, 0.1) is 5.56 Å². The molecule has 0 radical (unpaired) electrons. The highest BCUT2D eigenvalue weighted by Crippen LogP contribution is 2.37. The monoisotopic (exact) mass is 300 g/mol. The summed E-state index contributed by atoms with van der Waals surface area (Å²) in [5.41, 5.74) is 0.115. The van der Waals surface area contributed by atoms with Crippen LogP contribution in [0.3, 0.4) is 0 Å². The Kier molecular flexibility index (Phi) is 3.06. The van der Waals surface area contributed by atoms with E-state index in [0.29, 0.717) is 11.4 Å². The summed E-state index contributed by atoms with van der Waals surface area (Å²) in [7, 11) is 0. The molecule has 1 saturated heterocycles. The molecule has 2 aliphatic rings. The quantitative estimate of drug-likeness (QED) is 0.788. The van der Waals surface area contributed by atoms with Crippen LogP contribution in [0.25, 0.3) is 0 Å². The van der Waals surface area contributed by atoms with E-state index >= 15 is 0 Å². The van der Waals surface area contributed by atoms with Gasteiger partial charge in [-0.1, -0.05) is 0 Å². The smallest absolute Gasteiger partial charge is 0.327 e. The van der Waals surface area contributed by atoms with E-state index in [9.17, 15) is 9.59 Å². The van der Waals surface area contributed by atoms with Gasteiger partial charge >= 0.3 is 6.03 Å². The molecule has 1 atom stereocenters. The van der Waals surface area contributed by atoms with E-state index in [-0.39, 0.29) is 23.5 Å². The molecule has 1 aromatic heterocycles. The van der Waals surface area contributed by atoms with E-state index in [2.05, 4.69) is 6.07 Å². The van der Waals surface area contributed by atoms with Crippen molar-refractivity contribution in [2.24, 2.45) is 0 Å². The number of nitrogens with zero attached hydrogens (tertiary/aromatic N) is 4. The van der Waals surface area contributed by atoms with Gasteiger partial charge in [0.15, 0.2) is 0 Å². The topological polar surface area (TPSA) is 69.3 Å². The zero-order valence-corrected chi connectivity index (χ0v) is 13.3. The van der Waals surface area contributed by atoms with Crippen molar-refractivity contribution in [2.75, 3.05) is 4.90 Å². The van der Waals surface area contributed by atoms with E-state index in [1.54, 1.807) is 24.1 Å². The standard InChI is InChI=1S/C16H20N4O2/c1-10-14(21)20(15(22)19(10)12-5-6-12)13-7-11(8-17)9-18(13)16(2,3)4/h7,9-10,12H,5-6H2,1-4H3. The van der Waals surface area contributed by atoms with Crippen LogP contribution in [0.15, 0.2) is 12.3 Å². The van der Waals surface area contributed by atoms with E-state index in [4.69, 9.17) is 5.26 Å². The summed E-state index contributed by atoms with van der Waals surface area (Å²) in [6.45, 7) is 7.70. The second-order valence-corrected chi connectivity index (χ2v) is 7.01. The average molecular weight is 300 g/mol. The summed E-state index contributed by atoms with van der Waals surface area (Å²) >= 11 is 0. The molecule has 3 rings (SSSR count). The first-order valence-corrected chi connectivity index (χ1v) is 7.55. The van der Waals surface area contributed by atoms with E-state index in [1.165, 1.54) is 4.90 Å². The third kappa shape index (κ3) is 2.08. The molecule has 22 heavy (non-hydrogen) atoms. The lowest BCUT2D eigenvalue weighted by Gasteiger charge is -2.27. The Morgan fingerprint density at radius 2 is 1.91 bits per heavy atom. The van der Waals surface area contributed by atoms with Crippen molar-refractivity contribution in [2.45, 2.75) is 58.2 Å². The molecule has 116 valence electrons.